The lowest BCUT2D eigenvalue weighted by atomic mass is 10.0. The maximum atomic E-state index is 13.1. The van der Waals surface area contributed by atoms with E-state index in [0.29, 0.717) is 11.6 Å². The van der Waals surface area contributed by atoms with Crippen LogP contribution in [0.5, 0.6) is 5.75 Å². The van der Waals surface area contributed by atoms with Crippen LogP contribution >= 0.6 is 0 Å². The van der Waals surface area contributed by atoms with Crippen molar-refractivity contribution in [2.75, 3.05) is 13.2 Å². The van der Waals surface area contributed by atoms with Crippen molar-refractivity contribution < 1.29 is 14.2 Å². The van der Waals surface area contributed by atoms with Gasteiger partial charge in [0.25, 0.3) is 0 Å². The van der Waals surface area contributed by atoms with Gasteiger partial charge in [-0.25, -0.2) is 4.39 Å². The number of ether oxygens (including phenoxy) is 1. The first kappa shape index (κ1) is 12.3. The predicted molar refractivity (Wildman–Crippen MR) is 63.5 cm³/mol. The molecular formula is C13H18FNO2. The molecule has 2 rings (SSSR count). The van der Waals surface area contributed by atoms with Crippen LogP contribution < -0.4 is 5.32 Å². The fourth-order valence-corrected chi connectivity index (χ4v) is 2.18. The van der Waals surface area contributed by atoms with E-state index in [9.17, 15) is 9.50 Å². The fraction of sp³-hybridized carbons (Fsp3) is 0.538. The first-order valence-corrected chi connectivity index (χ1v) is 5.99. The average Bonchev–Trinajstić information content (AvgIpc) is 2.33. The monoisotopic (exact) mass is 239 g/mol. The molecule has 1 unspecified atom stereocenters. The first-order valence-electron chi connectivity index (χ1n) is 5.99. The van der Waals surface area contributed by atoms with E-state index in [1.54, 1.807) is 0 Å². The molecule has 4 heteroatoms. The Kier molecular flexibility index (Phi) is 3.97. The quantitative estimate of drug-likeness (QED) is 0.850. The highest BCUT2D eigenvalue weighted by molar-refractivity contribution is 5.34. The lowest BCUT2D eigenvalue weighted by molar-refractivity contribution is 0.0753. The van der Waals surface area contributed by atoms with Gasteiger partial charge < -0.3 is 15.2 Å². The van der Waals surface area contributed by atoms with Crippen LogP contribution in [-0.2, 0) is 4.74 Å². The molecule has 1 aromatic carbocycles. The highest BCUT2D eigenvalue weighted by Gasteiger charge is 2.18. The highest BCUT2D eigenvalue weighted by atomic mass is 19.1. The molecule has 0 bridgehead atoms. The van der Waals surface area contributed by atoms with E-state index in [2.05, 4.69) is 5.32 Å². The summed E-state index contributed by atoms with van der Waals surface area (Å²) in [6, 6.07) is 4.36. The molecule has 17 heavy (non-hydrogen) atoms. The zero-order chi connectivity index (χ0) is 12.3. The summed E-state index contributed by atoms with van der Waals surface area (Å²) in [5.74, 6) is -0.183. The third kappa shape index (κ3) is 3.17. The second kappa shape index (κ2) is 5.47. The average molecular weight is 239 g/mol. The Morgan fingerprint density at radius 3 is 2.82 bits per heavy atom. The Labute approximate surface area is 101 Å². The molecule has 0 spiro atoms. The number of aromatic hydroxyl groups is 1. The molecule has 0 saturated carbocycles. The van der Waals surface area contributed by atoms with Crippen molar-refractivity contribution in [3.63, 3.8) is 0 Å². The van der Waals surface area contributed by atoms with Gasteiger partial charge in [-0.1, -0.05) is 0 Å². The smallest absolute Gasteiger partial charge is 0.123 e. The van der Waals surface area contributed by atoms with Crippen LogP contribution in [0.3, 0.4) is 0 Å². The molecular weight excluding hydrogens is 221 g/mol. The Morgan fingerprint density at radius 2 is 2.12 bits per heavy atom. The van der Waals surface area contributed by atoms with Gasteiger partial charge in [0.2, 0.25) is 0 Å². The first-order chi connectivity index (χ1) is 8.16. The van der Waals surface area contributed by atoms with E-state index in [1.807, 2.05) is 6.92 Å². The summed E-state index contributed by atoms with van der Waals surface area (Å²) in [5, 5.41) is 13.1. The third-order valence-corrected chi connectivity index (χ3v) is 3.16. The van der Waals surface area contributed by atoms with Crippen LogP contribution in [0.25, 0.3) is 0 Å². The van der Waals surface area contributed by atoms with Crippen molar-refractivity contribution in [1.82, 2.24) is 5.32 Å². The van der Waals surface area contributed by atoms with E-state index in [4.69, 9.17) is 4.74 Å². The van der Waals surface area contributed by atoms with Crippen molar-refractivity contribution in [2.45, 2.75) is 31.8 Å². The van der Waals surface area contributed by atoms with Gasteiger partial charge in [0, 0.05) is 30.9 Å². The number of hydrogen-bond donors (Lipinski definition) is 2. The zero-order valence-corrected chi connectivity index (χ0v) is 9.95. The fourth-order valence-electron chi connectivity index (χ4n) is 2.18. The zero-order valence-electron chi connectivity index (χ0n) is 9.95. The van der Waals surface area contributed by atoms with Gasteiger partial charge in [-0.05, 0) is 38.0 Å². The van der Waals surface area contributed by atoms with Crippen LogP contribution in [0.4, 0.5) is 4.39 Å². The molecule has 1 aliphatic heterocycles. The van der Waals surface area contributed by atoms with Crippen LogP contribution in [0.15, 0.2) is 18.2 Å². The van der Waals surface area contributed by atoms with E-state index >= 15 is 0 Å². The van der Waals surface area contributed by atoms with Crippen molar-refractivity contribution in [1.29, 1.82) is 0 Å². The second-order valence-corrected chi connectivity index (χ2v) is 4.48. The topological polar surface area (TPSA) is 41.5 Å². The molecule has 1 fully saturated rings. The standard InChI is InChI=1S/C13H18FNO2/c1-9(15-11-4-6-17-7-5-11)12-8-10(14)2-3-13(12)16/h2-3,8-9,11,15-16H,4-7H2,1H3. The van der Waals surface area contributed by atoms with Crippen LogP contribution in [-0.4, -0.2) is 24.4 Å². The minimum Gasteiger partial charge on any atom is -0.508 e. The van der Waals surface area contributed by atoms with Gasteiger partial charge in [0.1, 0.15) is 11.6 Å². The molecule has 2 N–H and O–H groups in total. The summed E-state index contributed by atoms with van der Waals surface area (Å²) in [7, 11) is 0. The van der Waals surface area contributed by atoms with Gasteiger partial charge in [-0.15, -0.1) is 0 Å². The largest absolute Gasteiger partial charge is 0.508 e. The van der Waals surface area contributed by atoms with Crippen molar-refractivity contribution >= 4 is 0 Å². The molecule has 1 aliphatic rings. The van der Waals surface area contributed by atoms with Crippen molar-refractivity contribution in [3.05, 3.63) is 29.6 Å². The molecule has 94 valence electrons. The molecule has 0 radical (unpaired) electrons. The van der Waals surface area contributed by atoms with Gasteiger partial charge in [0.05, 0.1) is 0 Å². The summed E-state index contributed by atoms with van der Waals surface area (Å²) in [4.78, 5) is 0. The Balaban J connectivity index is 2.02. The molecule has 0 amide bonds. The van der Waals surface area contributed by atoms with Gasteiger partial charge in [-0.2, -0.15) is 0 Å². The number of nitrogens with one attached hydrogen (secondary N) is 1. The van der Waals surface area contributed by atoms with Crippen LogP contribution in [0.1, 0.15) is 31.4 Å². The van der Waals surface area contributed by atoms with Crippen LogP contribution in [0, 0.1) is 5.82 Å². The minimum absolute atomic E-state index is 0.0613. The molecule has 3 nitrogen and oxygen atoms in total. The third-order valence-electron chi connectivity index (χ3n) is 3.16. The highest BCUT2D eigenvalue weighted by Crippen LogP contribution is 2.25. The minimum atomic E-state index is -0.321. The number of phenolic OH excluding ortho intramolecular Hbond substituents is 1. The predicted octanol–water partition coefficient (Wildman–Crippen LogP) is 2.36. The van der Waals surface area contributed by atoms with Crippen molar-refractivity contribution in [3.8, 4) is 5.75 Å². The summed E-state index contributed by atoms with van der Waals surface area (Å²) in [6.45, 7) is 3.46. The Morgan fingerprint density at radius 1 is 1.41 bits per heavy atom. The maximum Gasteiger partial charge on any atom is 0.123 e. The summed E-state index contributed by atoms with van der Waals surface area (Å²) in [5.41, 5.74) is 0.608. The SMILES string of the molecule is CC(NC1CCOCC1)c1cc(F)ccc1O. The molecule has 1 atom stereocenters. The second-order valence-electron chi connectivity index (χ2n) is 4.48. The van der Waals surface area contributed by atoms with E-state index in [0.717, 1.165) is 26.1 Å². The van der Waals surface area contributed by atoms with Gasteiger partial charge >= 0.3 is 0 Å². The maximum absolute atomic E-state index is 13.1. The van der Waals surface area contributed by atoms with Gasteiger partial charge in [0.15, 0.2) is 0 Å². The number of halogens is 1. The molecule has 1 saturated heterocycles. The van der Waals surface area contributed by atoms with E-state index < -0.39 is 0 Å². The van der Waals surface area contributed by atoms with Crippen molar-refractivity contribution in [2.24, 2.45) is 0 Å². The van der Waals surface area contributed by atoms with Crippen LogP contribution in [0.2, 0.25) is 0 Å². The van der Waals surface area contributed by atoms with E-state index in [1.165, 1.54) is 18.2 Å². The lowest BCUT2D eigenvalue weighted by Crippen LogP contribution is -2.36. The van der Waals surface area contributed by atoms with Gasteiger partial charge in [-0.3, -0.25) is 0 Å². The molecule has 0 aromatic heterocycles. The summed E-state index contributed by atoms with van der Waals surface area (Å²) >= 11 is 0. The summed E-state index contributed by atoms with van der Waals surface area (Å²) < 4.78 is 18.4. The Bertz CT molecular complexity index is 378. The molecule has 1 heterocycles. The van der Waals surface area contributed by atoms with E-state index in [-0.39, 0.29) is 17.6 Å². The lowest BCUT2D eigenvalue weighted by Gasteiger charge is -2.27. The molecule has 0 aliphatic carbocycles. The molecule has 1 aromatic rings. The number of hydrogen-bond acceptors (Lipinski definition) is 3. The number of rotatable bonds is 3. The number of phenols is 1. The number of benzene rings is 1. The summed E-state index contributed by atoms with van der Waals surface area (Å²) in [6.07, 6.45) is 1.92. The Hall–Kier alpha value is -1.13. The normalized spacial score (nSPS) is 19.2.